The molecule has 0 radical (unpaired) electrons. The van der Waals surface area contributed by atoms with Crippen LogP contribution in [0.25, 0.3) is 0 Å². The van der Waals surface area contributed by atoms with Crippen LogP contribution in [0, 0.1) is 6.92 Å². The molecule has 2 rings (SSSR count). The quantitative estimate of drug-likeness (QED) is 0.889. The van der Waals surface area contributed by atoms with E-state index in [0.29, 0.717) is 12.6 Å². The standard InChI is InChI=1S/C13H23N3S/c1-10-8-16(5-4-15(10)3)9-12-6-13(7-14)17-11(12)2/h6,10H,4-5,7-9,14H2,1-3H3. The average molecular weight is 253 g/mol. The van der Waals surface area contributed by atoms with E-state index in [-0.39, 0.29) is 0 Å². The van der Waals surface area contributed by atoms with Crippen molar-refractivity contribution in [1.82, 2.24) is 9.80 Å². The lowest BCUT2D eigenvalue weighted by molar-refractivity contribution is 0.0999. The van der Waals surface area contributed by atoms with E-state index in [0.717, 1.165) is 6.54 Å². The van der Waals surface area contributed by atoms with Crippen molar-refractivity contribution in [1.29, 1.82) is 0 Å². The molecule has 1 aliphatic heterocycles. The molecule has 1 unspecified atom stereocenters. The zero-order valence-electron chi connectivity index (χ0n) is 11.1. The van der Waals surface area contributed by atoms with Gasteiger partial charge in [0.2, 0.25) is 0 Å². The van der Waals surface area contributed by atoms with Crippen LogP contribution in [0.3, 0.4) is 0 Å². The lowest BCUT2D eigenvalue weighted by Crippen LogP contribution is -2.49. The highest BCUT2D eigenvalue weighted by Crippen LogP contribution is 2.23. The van der Waals surface area contributed by atoms with Gasteiger partial charge in [0.15, 0.2) is 0 Å². The SMILES string of the molecule is Cc1sc(CN)cc1CN1CCN(C)C(C)C1. The minimum Gasteiger partial charge on any atom is -0.326 e. The summed E-state index contributed by atoms with van der Waals surface area (Å²) in [6.07, 6.45) is 0. The van der Waals surface area contributed by atoms with Gasteiger partial charge in [0.25, 0.3) is 0 Å². The van der Waals surface area contributed by atoms with Gasteiger partial charge in [-0.2, -0.15) is 0 Å². The highest BCUT2D eigenvalue weighted by Gasteiger charge is 2.21. The summed E-state index contributed by atoms with van der Waals surface area (Å²) in [6, 6.07) is 2.94. The van der Waals surface area contributed by atoms with Gasteiger partial charge < -0.3 is 10.6 Å². The second kappa shape index (κ2) is 5.48. The normalized spacial score (nSPS) is 23.2. The van der Waals surface area contributed by atoms with Gasteiger partial charge in [-0.3, -0.25) is 4.90 Å². The Labute approximate surface area is 108 Å². The first-order valence-electron chi connectivity index (χ1n) is 6.31. The van der Waals surface area contributed by atoms with E-state index in [1.165, 1.54) is 35.0 Å². The molecule has 4 heteroatoms. The highest BCUT2D eigenvalue weighted by molar-refractivity contribution is 7.12. The third-order valence-electron chi connectivity index (χ3n) is 3.71. The maximum atomic E-state index is 5.70. The molecule has 1 saturated heterocycles. The van der Waals surface area contributed by atoms with Gasteiger partial charge in [0.1, 0.15) is 0 Å². The smallest absolute Gasteiger partial charge is 0.0274 e. The third-order valence-corrected chi connectivity index (χ3v) is 4.83. The Balaban J connectivity index is 1.98. The molecule has 96 valence electrons. The van der Waals surface area contributed by atoms with Crippen LogP contribution in [-0.4, -0.2) is 42.5 Å². The Morgan fingerprint density at radius 2 is 2.24 bits per heavy atom. The monoisotopic (exact) mass is 253 g/mol. The van der Waals surface area contributed by atoms with Crippen LogP contribution in [0.1, 0.15) is 22.2 Å². The predicted molar refractivity (Wildman–Crippen MR) is 74.3 cm³/mol. The first-order valence-corrected chi connectivity index (χ1v) is 7.12. The number of thiophene rings is 1. The maximum absolute atomic E-state index is 5.70. The van der Waals surface area contributed by atoms with Gasteiger partial charge in [-0.25, -0.2) is 0 Å². The highest BCUT2D eigenvalue weighted by atomic mass is 32.1. The second-order valence-corrected chi connectivity index (χ2v) is 6.40. The van der Waals surface area contributed by atoms with Gasteiger partial charge >= 0.3 is 0 Å². The maximum Gasteiger partial charge on any atom is 0.0274 e. The van der Waals surface area contributed by atoms with E-state index in [1.807, 2.05) is 11.3 Å². The fourth-order valence-electron chi connectivity index (χ4n) is 2.35. The van der Waals surface area contributed by atoms with Crippen molar-refractivity contribution in [2.24, 2.45) is 5.73 Å². The minimum absolute atomic E-state index is 0.664. The van der Waals surface area contributed by atoms with Crippen LogP contribution in [-0.2, 0) is 13.1 Å². The molecule has 0 aliphatic carbocycles. The summed E-state index contributed by atoms with van der Waals surface area (Å²) in [6.45, 7) is 9.79. The first-order chi connectivity index (χ1) is 8.10. The minimum atomic E-state index is 0.664. The molecule has 0 aromatic carbocycles. The molecule has 1 aromatic heterocycles. The van der Waals surface area contributed by atoms with Crippen molar-refractivity contribution < 1.29 is 0 Å². The molecule has 1 atom stereocenters. The van der Waals surface area contributed by atoms with Crippen LogP contribution >= 0.6 is 11.3 Å². The van der Waals surface area contributed by atoms with Crippen LogP contribution in [0.4, 0.5) is 0 Å². The lowest BCUT2D eigenvalue weighted by atomic mass is 10.1. The number of piperazine rings is 1. The summed E-state index contributed by atoms with van der Waals surface area (Å²) in [5, 5.41) is 0. The molecule has 1 fully saturated rings. The molecule has 2 heterocycles. The van der Waals surface area contributed by atoms with E-state index in [9.17, 15) is 0 Å². The number of hydrogen-bond donors (Lipinski definition) is 1. The Morgan fingerprint density at radius 1 is 1.47 bits per heavy atom. The second-order valence-electron chi connectivity index (χ2n) is 5.06. The molecule has 0 bridgehead atoms. The number of aryl methyl sites for hydroxylation is 1. The fraction of sp³-hybridized carbons (Fsp3) is 0.692. The van der Waals surface area contributed by atoms with Crippen LogP contribution in [0.2, 0.25) is 0 Å². The Kier molecular flexibility index (Phi) is 4.20. The topological polar surface area (TPSA) is 32.5 Å². The van der Waals surface area contributed by atoms with Crippen molar-refractivity contribution >= 4 is 11.3 Å². The van der Waals surface area contributed by atoms with Crippen LogP contribution < -0.4 is 5.73 Å². The Bertz CT molecular complexity index is 375. The van der Waals surface area contributed by atoms with Crippen molar-refractivity contribution in [3.05, 3.63) is 21.4 Å². The molecule has 1 aliphatic rings. The summed E-state index contributed by atoms with van der Waals surface area (Å²) in [4.78, 5) is 7.72. The summed E-state index contributed by atoms with van der Waals surface area (Å²) < 4.78 is 0. The number of nitrogens with zero attached hydrogens (tertiary/aromatic N) is 2. The number of hydrogen-bond acceptors (Lipinski definition) is 4. The predicted octanol–water partition coefficient (Wildman–Crippen LogP) is 1.65. The van der Waals surface area contributed by atoms with Crippen molar-refractivity contribution in [3.63, 3.8) is 0 Å². The summed E-state index contributed by atoms with van der Waals surface area (Å²) in [5.41, 5.74) is 7.16. The van der Waals surface area contributed by atoms with Gasteiger partial charge in [0, 0.05) is 48.5 Å². The summed E-state index contributed by atoms with van der Waals surface area (Å²) in [7, 11) is 2.21. The Morgan fingerprint density at radius 3 is 2.82 bits per heavy atom. The first kappa shape index (κ1) is 13.0. The molecule has 17 heavy (non-hydrogen) atoms. The third kappa shape index (κ3) is 3.07. The Hall–Kier alpha value is -0.420. The van der Waals surface area contributed by atoms with Crippen molar-refractivity contribution in [3.8, 4) is 0 Å². The van der Waals surface area contributed by atoms with Gasteiger partial charge in [-0.05, 0) is 32.5 Å². The van der Waals surface area contributed by atoms with E-state index in [2.05, 4.69) is 36.8 Å². The van der Waals surface area contributed by atoms with Gasteiger partial charge in [-0.1, -0.05) is 0 Å². The van der Waals surface area contributed by atoms with E-state index in [1.54, 1.807) is 0 Å². The van der Waals surface area contributed by atoms with Gasteiger partial charge in [-0.15, -0.1) is 11.3 Å². The number of rotatable bonds is 3. The molecule has 0 amide bonds. The molecule has 0 saturated carbocycles. The molecular weight excluding hydrogens is 230 g/mol. The van der Waals surface area contributed by atoms with Crippen molar-refractivity contribution in [2.45, 2.75) is 33.0 Å². The number of nitrogens with two attached hydrogens (primary N) is 1. The molecule has 3 nitrogen and oxygen atoms in total. The molecule has 2 N–H and O–H groups in total. The zero-order valence-corrected chi connectivity index (χ0v) is 11.9. The van der Waals surface area contributed by atoms with Crippen LogP contribution in [0.15, 0.2) is 6.07 Å². The summed E-state index contributed by atoms with van der Waals surface area (Å²) >= 11 is 1.84. The van der Waals surface area contributed by atoms with E-state index < -0.39 is 0 Å². The van der Waals surface area contributed by atoms with E-state index >= 15 is 0 Å². The zero-order chi connectivity index (χ0) is 12.4. The largest absolute Gasteiger partial charge is 0.326 e. The molecular formula is C13H23N3S. The lowest BCUT2D eigenvalue weighted by Gasteiger charge is -2.37. The van der Waals surface area contributed by atoms with Gasteiger partial charge in [0.05, 0.1) is 0 Å². The molecule has 0 spiro atoms. The average Bonchev–Trinajstić information content (AvgIpc) is 2.65. The van der Waals surface area contributed by atoms with E-state index in [4.69, 9.17) is 5.73 Å². The number of likely N-dealkylation sites (N-methyl/N-ethyl adjacent to an activating group) is 1. The summed E-state index contributed by atoms with van der Waals surface area (Å²) in [5.74, 6) is 0. The molecule has 1 aromatic rings. The van der Waals surface area contributed by atoms with Crippen LogP contribution in [0.5, 0.6) is 0 Å². The van der Waals surface area contributed by atoms with Crippen molar-refractivity contribution in [2.75, 3.05) is 26.7 Å². The fourth-order valence-corrected chi connectivity index (χ4v) is 3.29.